The van der Waals surface area contributed by atoms with E-state index in [1.165, 1.54) is 0 Å². The molecule has 3 rings (SSSR count). The fraction of sp³-hybridized carbons (Fsp3) is 0.444. The molecule has 1 atom stereocenters. The number of hydrogen-bond acceptors (Lipinski definition) is 4. The molecule has 6 heteroatoms. The first-order valence-corrected chi connectivity index (χ1v) is 4.98. The van der Waals surface area contributed by atoms with Crippen LogP contribution in [0.3, 0.4) is 0 Å². The van der Waals surface area contributed by atoms with Crippen molar-refractivity contribution in [1.29, 1.82) is 0 Å². The molecule has 15 heavy (non-hydrogen) atoms. The zero-order chi connectivity index (χ0) is 10.3. The molecule has 0 bridgehead atoms. The first-order valence-electron chi connectivity index (χ1n) is 4.98. The maximum Gasteiger partial charge on any atom is 0.325 e. The summed E-state index contributed by atoms with van der Waals surface area (Å²) >= 11 is 0. The number of rotatable bonds is 1. The molecule has 1 unspecified atom stereocenters. The van der Waals surface area contributed by atoms with E-state index in [0.29, 0.717) is 17.1 Å². The predicted octanol–water partition coefficient (Wildman–Crippen LogP) is -0.277. The SMILES string of the molecule is O=c1[nH]c2cnc(C3CCNC3)nc2[nH]1. The van der Waals surface area contributed by atoms with Gasteiger partial charge in [-0.2, -0.15) is 0 Å². The minimum absolute atomic E-state index is 0.235. The second kappa shape index (κ2) is 3.16. The molecule has 0 saturated carbocycles. The lowest BCUT2D eigenvalue weighted by Crippen LogP contribution is -2.10. The van der Waals surface area contributed by atoms with Gasteiger partial charge in [0.05, 0.1) is 6.20 Å². The van der Waals surface area contributed by atoms with Crippen LogP contribution in [-0.2, 0) is 0 Å². The van der Waals surface area contributed by atoms with Crippen molar-refractivity contribution in [3.05, 3.63) is 22.5 Å². The summed E-state index contributed by atoms with van der Waals surface area (Å²) in [6.07, 6.45) is 2.72. The van der Waals surface area contributed by atoms with Gasteiger partial charge in [-0.05, 0) is 13.0 Å². The van der Waals surface area contributed by atoms with Crippen molar-refractivity contribution in [3.63, 3.8) is 0 Å². The molecule has 1 fully saturated rings. The molecule has 2 aromatic rings. The fourth-order valence-electron chi connectivity index (χ4n) is 1.92. The molecule has 0 amide bonds. The van der Waals surface area contributed by atoms with Crippen LogP contribution >= 0.6 is 0 Å². The highest BCUT2D eigenvalue weighted by Crippen LogP contribution is 2.19. The van der Waals surface area contributed by atoms with E-state index >= 15 is 0 Å². The number of aromatic nitrogens is 4. The number of H-pyrrole nitrogens is 2. The van der Waals surface area contributed by atoms with Crippen molar-refractivity contribution in [2.75, 3.05) is 13.1 Å². The number of hydrogen-bond donors (Lipinski definition) is 3. The average molecular weight is 205 g/mol. The quantitative estimate of drug-likeness (QED) is 0.597. The van der Waals surface area contributed by atoms with Crippen LogP contribution < -0.4 is 11.0 Å². The van der Waals surface area contributed by atoms with Gasteiger partial charge in [0.25, 0.3) is 0 Å². The second-order valence-electron chi connectivity index (χ2n) is 3.76. The topological polar surface area (TPSA) is 86.5 Å². The molecule has 1 saturated heterocycles. The number of nitrogens with one attached hydrogen (secondary N) is 3. The molecule has 0 spiro atoms. The van der Waals surface area contributed by atoms with Gasteiger partial charge >= 0.3 is 5.69 Å². The molecular formula is C9H11N5O. The average Bonchev–Trinajstić information content (AvgIpc) is 2.82. The summed E-state index contributed by atoms with van der Waals surface area (Å²) in [5, 5.41) is 3.26. The Morgan fingerprint density at radius 3 is 3.13 bits per heavy atom. The summed E-state index contributed by atoms with van der Waals surface area (Å²) in [5.74, 6) is 1.18. The van der Waals surface area contributed by atoms with Crippen molar-refractivity contribution >= 4 is 11.2 Å². The van der Waals surface area contributed by atoms with Gasteiger partial charge in [-0.1, -0.05) is 0 Å². The standard InChI is InChI=1S/C9H11N5O/c15-9-12-6-4-11-7(13-8(6)14-9)5-1-2-10-3-5/h4-5,10H,1-3H2,(H2,11,12,13,14,15). The number of fused-ring (bicyclic) bond motifs is 1. The lowest BCUT2D eigenvalue weighted by Gasteiger charge is -2.04. The molecule has 0 aromatic carbocycles. The monoisotopic (exact) mass is 205 g/mol. The summed E-state index contributed by atoms with van der Waals surface area (Å²) < 4.78 is 0. The smallest absolute Gasteiger partial charge is 0.316 e. The minimum Gasteiger partial charge on any atom is -0.316 e. The van der Waals surface area contributed by atoms with Crippen LogP contribution in [0.2, 0.25) is 0 Å². The Bertz CT molecular complexity index is 537. The number of imidazole rings is 1. The van der Waals surface area contributed by atoms with E-state index in [1.54, 1.807) is 6.20 Å². The maximum atomic E-state index is 11.0. The molecule has 1 aliphatic rings. The van der Waals surface area contributed by atoms with E-state index in [4.69, 9.17) is 0 Å². The predicted molar refractivity (Wildman–Crippen MR) is 54.7 cm³/mol. The third kappa shape index (κ3) is 1.42. The van der Waals surface area contributed by atoms with Gasteiger partial charge in [0.15, 0.2) is 5.65 Å². The minimum atomic E-state index is -0.235. The maximum absolute atomic E-state index is 11.0. The third-order valence-corrected chi connectivity index (χ3v) is 2.71. The summed E-state index contributed by atoms with van der Waals surface area (Å²) in [4.78, 5) is 24.9. The fourth-order valence-corrected chi connectivity index (χ4v) is 1.92. The molecule has 1 aliphatic heterocycles. The normalized spacial score (nSPS) is 21.2. The summed E-state index contributed by atoms with van der Waals surface area (Å²) in [7, 11) is 0. The Morgan fingerprint density at radius 1 is 1.40 bits per heavy atom. The first-order chi connectivity index (χ1) is 7.33. The van der Waals surface area contributed by atoms with E-state index in [2.05, 4.69) is 25.3 Å². The van der Waals surface area contributed by atoms with Crippen LogP contribution in [0.1, 0.15) is 18.2 Å². The van der Waals surface area contributed by atoms with E-state index in [0.717, 1.165) is 25.3 Å². The van der Waals surface area contributed by atoms with E-state index in [-0.39, 0.29) is 5.69 Å². The lowest BCUT2D eigenvalue weighted by molar-refractivity contribution is 0.706. The highest BCUT2D eigenvalue weighted by Gasteiger charge is 2.19. The van der Waals surface area contributed by atoms with Gasteiger partial charge in [0.2, 0.25) is 0 Å². The van der Waals surface area contributed by atoms with Gasteiger partial charge < -0.3 is 10.3 Å². The highest BCUT2D eigenvalue weighted by atomic mass is 16.1. The highest BCUT2D eigenvalue weighted by molar-refractivity contribution is 5.68. The van der Waals surface area contributed by atoms with Gasteiger partial charge in [0, 0.05) is 12.5 Å². The second-order valence-corrected chi connectivity index (χ2v) is 3.76. The number of aromatic amines is 2. The summed E-state index contributed by atoms with van der Waals surface area (Å²) in [6.45, 7) is 1.93. The van der Waals surface area contributed by atoms with Gasteiger partial charge in [0.1, 0.15) is 11.3 Å². The molecule has 2 aromatic heterocycles. The Morgan fingerprint density at radius 2 is 2.33 bits per heavy atom. The molecule has 0 radical (unpaired) electrons. The van der Waals surface area contributed by atoms with Crippen molar-refractivity contribution in [2.24, 2.45) is 0 Å². The number of nitrogens with zero attached hydrogens (tertiary/aromatic N) is 2. The van der Waals surface area contributed by atoms with Crippen LogP contribution in [0.5, 0.6) is 0 Å². The summed E-state index contributed by atoms with van der Waals surface area (Å²) in [6, 6.07) is 0. The first kappa shape index (κ1) is 8.60. The van der Waals surface area contributed by atoms with Crippen LogP contribution in [0.15, 0.2) is 11.0 Å². The molecule has 3 heterocycles. The lowest BCUT2D eigenvalue weighted by atomic mass is 10.1. The van der Waals surface area contributed by atoms with E-state index in [9.17, 15) is 4.79 Å². The van der Waals surface area contributed by atoms with Gasteiger partial charge in [-0.15, -0.1) is 0 Å². The zero-order valence-electron chi connectivity index (χ0n) is 8.08. The molecular weight excluding hydrogens is 194 g/mol. The Balaban J connectivity index is 2.08. The Labute approximate surface area is 85.1 Å². The van der Waals surface area contributed by atoms with Crippen LogP contribution in [0, 0.1) is 0 Å². The Hall–Kier alpha value is -1.69. The van der Waals surface area contributed by atoms with Crippen LogP contribution in [-0.4, -0.2) is 33.0 Å². The molecule has 0 aliphatic carbocycles. The van der Waals surface area contributed by atoms with Gasteiger partial charge in [-0.25, -0.2) is 14.8 Å². The van der Waals surface area contributed by atoms with Gasteiger partial charge in [-0.3, -0.25) is 4.98 Å². The zero-order valence-corrected chi connectivity index (χ0v) is 8.08. The van der Waals surface area contributed by atoms with Crippen molar-refractivity contribution < 1.29 is 0 Å². The third-order valence-electron chi connectivity index (χ3n) is 2.71. The van der Waals surface area contributed by atoms with Crippen LogP contribution in [0.25, 0.3) is 11.2 Å². The van der Waals surface area contributed by atoms with Crippen molar-refractivity contribution in [1.82, 2.24) is 25.3 Å². The van der Waals surface area contributed by atoms with E-state index < -0.39 is 0 Å². The van der Waals surface area contributed by atoms with Crippen molar-refractivity contribution in [3.8, 4) is 0 Å². The molecule has 6 nitrogen and oxygen atoms in total. The molecule has 78 valence electrons. The summed E-state index contributed by atoms with van der Waals surface area (Å²) in [5.41, 5.74) is 1.02. The largest absolute Gasteiger partial charge is 0.325 e. The van der Waals surface area contributed by atoms with Crippen molar-refractivity contribution in [2.45, 2.75) is 12.3 Å². The van der Waals surface area contributed by atoms with E-state index in [1.807, 2.05) is 0 Å². The molecule has 3 N–H and O–H groups in total. The van der Waals surface area contributed by atoms with Crippen LogP contribution in [0.4, 0.5) is 0 Å². The Kier molecular flexibility index (Phi) is 1.81.